The van der Waals surface area contributed by atoms with Crippen LogP contribution in [0.25, 0.3) is 0 Å². The Labute approximate surface area is 106 Å². The molecule has 0 heterocycles. The van der Waals surface area contributed by atoms with Crippen LogP contribution >= 0.6 is 0 Å². The molecule has 17 heavy (non-hydrogen) atoms. The molecule has 0 aromatic rings. The van der Waals surface area contributed by atoms with Gasteiger partial charge in [0.05, 0.1) is 0 Å². The van der Waals surface area contributed by atoms with Crippen molar-refractivity contribution in [3.05, 3.63) is 25.3 Å². The number of hydrogen-bond acceptors (Lipinski definition) is 0. The summed E-state index contributed by atoms with van der Waals surface area (Å²) < 4.78 is 0. The van der Waals surface area contributed by atoms with Crippen LogP contribution in [-0.4, -0.2) is 0 Å². The Morgan fingerprint density at radius 1 is 1.12 bits per heavy atom. The van der Waals surface area contributed by atoms with Crippen LogP contribution in [0.4, 0.5) is 0 Å². The van der Waals surface area contributed by atoms with E-state index in [9.17, 15) is 0 Å². The molecule has 0 aromatic heterocycles. The molecule has 0 spiro atoms. The fraction of sp³-hybridized carbons (Fsp3) is 0.765. The molecule has 0 heteroatoms. The zero-order valence-electron chi connectivity index (χ0n) is 10.9. The van der Waals surface area contributed by atoms with Gasteiger partial charge < -0.3 is 0 Å². The van der Waals surface area contributed by atoms with E-state index in [2.05, 4.69) is 6.58 Å². The Hall–Kier alpha value is -0.520. The molecule has 4 fully saturated rings. The average molecular weight is 229 g/mol. The molecule has 4 saturated carbocycles. The lowest BCUT2D eigenvalue weighted by Crippen LogP contribution is -2.46. The molecule has 0 N–H and O–H groups in total. The summed E-state index contributed by atoms with van der Waals surface area (Å²) in [4.78, 5) is 0. The Bertz CT molecular complexity index is 269. The van der Waals surface area contributed by atoms with Gasteiger partial charge in [-0.15, -0.1) is 6.58 Å². The Balaban J connectivity index is 1.66. The second-order valence-electron chi connectivity index (χ2n) is 7.05. The van der Waals surface area contributed by atoms with E-state index < -0.39 is 0 Å². The van der Waals surface area contributed by atoms with Crippen molar-refractivity contribution in [2.45, 2.75) is 51.4 Å². The van der Waals surface area contributed by atoms with Gasteiger partial charge in [-0.3, -0.25) is 0 Å². The highest BCUT2D eigenvalue weighted by atomic mass is 14.5. The quantitative estimate of drug-likeness (QED) is 0.595. The van der Waals surface area contributed by atoms with Crippen LogP contribution in [0.3, 0.4) is 0 Å². The zero-order chi connectivity index (χ0) is 11.9. The van der Waals surface area contributed by atoms with Gasteiger partial charge >= 0.3 is 0 Å². The van der Waals surface area contributed by atoms with Gasteiger partial charge in [0.25, 0.3) is 0 Å². The Morgan fingerprint density at radius 3 is 2.06 bits per heavy atom. The first-order chi connectivity index (χ1) is 8.23. The molecule has 0 amide bonds. The molecule has 0 aliphatic heterocycles. The minimum atomic E-state index is 0.433. The largest absolute Gasteiger partial charge is 0.102 e. The van der Waals surface area contributed by atoms with Crippen LogP contribution in [0.1, 0.15) is 51.4 Å². The van der Waals surface area contributed by atoms with Crippen molar-refractivity contribution >= 4 is 0 Å². The fourth-order valence-corrected chi connectivity index (χ4v) is 5.36. The highest BCUT2D eigenvalue weighted by molar-refractivity contribution is 5.02. The standard InChI is InChI=1S/C17H25/c1-3-13(4-2)5-6-17-10-14-7-15(11-17)9-16(8-14)12-17/h1,3-4,13-16H,2,5-12H2. The molecule has 1 radical (unpaired) electrons. The van der Waals surface area contributed by atoms with E-state index in [4.69, 9.17) is 6.58 Å². The van der Waals surface area contributed by atoms with E-state index in [-0.39, 0.29) is 0 Å². The molecule has 0 saturated heterocycles. The van der Waals surface area contributed by atoms with Crippen LogP contribution in [0.15, 0.2) is 18.7 Å². The SMILES string of the molecule is [CH]=CC(C=C)CCC12CC3CC(CC(C3)C1)C2. The number of rotatable bonds is 5. The highest BCUT2D eigenvalue weighted by Crippen LogP contribution is 2.61. The summed E-state index contributed by atoms with van der Waals surface area (Å²) in [5.74, 6) is 3.66. The minimum absolute atomic E-state index is 0.433. The maximum atomic E-state index is 5.66. The lowest BCUT2D eigenvalue weighted by atomic mass is 9.48. The second kappa shape index (κ2) is 4.30. The topological polar surface area (TPSA) is 0 Å². The maximum Gasteiger partial charge on any atom is -0.00529 e. The molecule has 93 valence electrons. The third kappa shape index (κ3) is 2.11. The van der Waals surface area contributed by atoms with Crippen molar-refractivity contribution in [1.29, 1.82) is 0 Å². The molecule has 0 aromatic carbocycles. The molecule has 1 atom stereocenters. The van der Waals surface area contributed by atoms with Crippen LogP contribution in [0.2, 0.25) is 0 Å². The van der Waals surface area contributed by atoms with E-state index in [0.717, 1.165) is 17.8 Å². The summed E-state index contributed by atoms with van der Waals surface area (Å²) in [6.45, 7) is 9.55. The van der Waals surface area contributed by atoms with Gasteiger partial charge in [-0.05, 0) is 80.5 Å². The number of hydrogen-bond donors (Lipinski definition) is 0. The smallest absolute Gasteiger partial charge is 0.00529 e. The van der Waals surface area contributed by atoms with Gasteiger partial charge in [0.15, 0.2) is 0 Å². The van der Waals surface area contributed by atoms with Crippen molar-refractivity contribution in [1.82, 2.24) is 0 Å². The van der Waals surface area contributed by atoms with E-state index in [1.54, 1.807) is 19.3 Å². The van der Waals surface area contributed by atoms with E-state index >= 15 is 0 Å². The van der Waals surface area contributed by atoms with Gasteiger partial charge in [-0.1, -0.05) is 18.7 Å². The average Bonchev–Trinajstić information content (AvgIpc) is 2.28. The summed E-state index contributed by atoms with van der Waals surface area (Å²) in [7, 11) is 0. The first-order valence-electron chi connectivity index (χ1n) is 7.40. The first-order valence-corrected chi connectivity index (χ1v) is 7.40. The van der Waals surface area contributed by atoms with Crippen molar-refractivity contribution in [3.8, 4) is 0 Å². The molecular formula is C17H25. The predicted octanol–water partition coefficient (Wildman–Crippen LogP) is 4.77. The third-order valence-electron chi connectivity index (χ3n) is 5.72. The van der Waals surface area contributed by atoms with Gasteiger partial charge in [-0.25, -0.2) is 0 Å². The Morgan fingerprint density at radius 2 is 1.65 bits per heavy atom. The molecule has 4 aliphatic rings. The lowest BCUT2D eigenvalue weighted by Gasteiger charge is -2.57. The summed E-state index contributed by atoms with van der Waals surface area (Å²) in [6, 6.07) is 0. The van der Waals surface area contributed by atoms with Gasteiger partial charge in [0, 0.05) is 0 Å². The summed E-state index contributed by atoms with van der Waals surface area (Å²) in [5, 5.41) is 0. The normalized spacial score (nSPS) is 44.6. The van der Waals surface area contributed by atoms with Gasteiger partial charge in [-0.2, -0.15) is 0 Å². The Kier molecular flexibility index (Phi) is 2.92. The molecule has 1 unspecified atom stereocenters. The van der Waals surface area contributed by atoms with Crippen molar-refractivity contribution < 1.29 is 0 Å². The zero-order valence-corrected chi connectivity index (χ0v) is 10.9. The van der Waals surface area contributed by atoms with Crippen LogP contribution in [0, 0.1) is 35.7 Å². The summed E-state index contributed by atoms with van der Waals surface area (Å²) >= 11 is 0. The van der Waals surface area contributed by atoms with Crippen molar-refractivity contribution in [2.75, 3.05) is 0 Å². The molecule has 4 aliphatic carbocycles. The molecule has 4 bridgehead atoms. The first kappa shape index (κ1) is 11.6. The second-order valence-corrected chi connectivity index (χ2v) is 7.05. The van der Waals surface area contributed by atoms with E-state index in [0.29, 0.717) is 11.3 Å². The maximum absolute atomic E-state index is 5.66. The summed E-state index contributed by atoms with van der Waals surface area (Å²) in [5.41, 5.74) is 0.707. The highest BCUT2D eigenvalue weighted by Gasteiger charge is 2.50. The van der Waals surface area contributed by atoms with Crippen molar-refractivity contribution in [3.63, 3.8) is 0 Å². The van der Waals surface area contributed by atoms with Crippen LogP contribution in [0.5, 0.6) is 0 Å². The van der Waals surface area contributed by atoms with Gasteiger partial charge in [0.2, 0.25) is 0 Å². The van der Waals surface area contributed by atoms with Crippen LogP contribution in [-0.2, 0) is 0 Å². The van der Waals surface area contributed by atoms with E-state index in [1.165, 1.54) is 32.1 Å². The van der Waals surface area contributed by atoms with E-state index in [1.807, 2.05) is 12.2 Å². The lowest BCUT2D eigenvalue weighted by molar-refractivity contribution is -0.0588. The van der Waals surface area contributed by atoms with Crippen LogP contribution < -0.4 is 0 Å². The predicted molar refractivity (Wildman–Crippen MR) is 72.4 cm³/mol. The monoisotopic (exact) mass is 229 g/mol. The number of allylic oxidation sites excluding steroid dienone is 2. The fourth-order valence-electron chi connectivity index (χ4n) is 5.36. The molecule has 4 rings (SSSR count). The minimum Gasteiger partial charge on any atom is -0.102 e. The summed E-state index contributed by atoms with van der Waals surface area (Å²) in [6.07, 6.45) is 15.7. The van der Waals surface area contributed by atoms with Crippen molar-refractivity contribution in [2.24, 2.45) is 29.1 Å². The molecular weight excluding hydrogens is 204 g/mol. The molecule has 0 nitrogen and oxygen atoms in total. The third-order valence-corrected chi connectivity index (χ3v) is 5.72. The van der Waals surface area contributed by atoms with Gasteiger partial charge in [0.1, 0.15) is 0 Å².